The minimum atomic E-state index is 0. The molecule has 0 atom stereocenters. The van der Waals surface area contributed by atoms with E-state index < -0.39 is 0 Å². The van der Waals surface area contributed by atoms with Crippen LogP contribution in [0.1, 0.15) is 0 Å². The Kier molecular flexibility index (Phi) is 10.9. The van der Waals surface area contributed by atoms with Crippen molar-refractivity contribution >= 4 is 0 Å². The molecule has 5 aromatic rings. The van der Waals surface area contributed by atoms with Gasteiger partial charge in [0.1, 0.15) is 0 Å². The van der Waals surface area contributed by atoms with Crippen LogP contribution in [0.2, 0.25) is 0 Å². The van der Waals surface area contributed by atoms with Gasteiger partial charge in [0.15, 0.2) is 0 Å². The first-order valence-corrected chi connectivity index (χ1v) is 8.31. The first-order chi connectivity index (χ1) is 12.4. The number of rotatable bonds is 2. The van der Waals surface area contributed by atoms with Crippen molar-refractivity contribution in [3.05, 3.63) is 121 Å². The SMILES string of the molecule is [Fe+2].[Fe+2].c1cc[c-](-c2ccc(-[c-]3cccc3)o2)c1.c1cc[cH-]c1.c1cc[cH-]c1. The molecule has 5 rings (SSSR count). The molecule has 1 heterocycles. The van der Waals surface area contributed by atoms with Crippen LogP contribution in [0.3, 0.4) is 0 Å². The van der Waals surface area contributed by atoms with Crippen molar-refractivity contribution in [1.29, 1.82) is 0 Å². The molecule has 138 valence electrons. The minimum Gasteiger partial charge on any atom is -0.497 e. The van der Waals surface area contributed by atoms with Crippen LogP contribution in [0.15, 0.2) is 126 Å². The number of furan rings is 1. The van der Waals surface area contributed by atoms with Crippen molar-refractivity contribution in [2.45, 2.75) is 0 Å². The van der Waals surface area contributed by atoms with E-state index in [2.05, 4.69) is 0 Å². The van der Waals surface area contributed by atoms with E-state index in [0.717, 1.165) is 22.6 Å². The third kappa shape index (κ3) is 7.46. The predicted octanol–water partition coefficient (Wildman–Crippen LogP) is 6.86. The fourth-order valence-electron chi connectivity index (χ4n) is 2.37. The zero-order valence-electron chi connectivity index (χ0n) is 14.7. The molecule has 0 saturated heterocycles. The quantitative estimate of drug-likeness (QED) is 0.218. The molecule has 0 fully saturated rings. The Balaban J connectivity index is 0.000000253. The minimum absolute atomic E-state index is 0. The molecule has 0 amide bonds. The van der Waals surface area contributed by atoms with Crippen LogP contribution in [0, 0.1) is 0 Å². The number of hydrogen-bond acceptors (Lipinski definition) is 1. The van der Waals surface area contributed by atoms with Crippen LogP contribution >= 0.6 is 0 Å². The molecule has 0 aliphatic rings. The molecule has 4 aromatic carbocycles. The van der Waals surface area contributed by atoms with E-state index in [-0.39, 0.29) is 34.1 Å². The van der Waals surface area contributed by atoms with E-state index >= 15 is 0 Å². The first kappa shape index (κ1) is 22.8. The van der Waals surface area contributed by atoms with Gasteiger partial charge in [-0.25, -0.2) is 24.3 Å². The topological polar surface area (TPSA) is 13.1 Å². The summed E-state index contributed by atoms with van der Waals surface area (Å²) >= 11 is 0. The molecule has 3 heteroatoms. The average Bonchev–Trinajstić information content (AvgIpc) is 3.51. The van der Waals surface area contributed by atoms with Crippen molar-refractivity contribution in [2.24, 2.45) is 0 Å². The van der Waals surface area contributed by atoms with Gasteiger partial charge >= 0.3 is 34.1 Å². The normalized spacial score (nSPS) is 8.89. The Morgan fingerprint density at radius 3 is 1.11 bits per heavy atom. The fourth-order valence-corrected chi connectivity index (χ4v) is 2.37. The third-order valence-electron chi connectivity index (χ3n) is 3.61. The van der Waals surface area contributed by atoms with Gasteiger partial charge in [0, 0.05) is 11.5 Å². The summed E-state index contributed by atoms with van der Waals surface area (Å²) in [6.45, 7) is 0. The van der Waals surface area contributed by atoms with Gasteiger partial charge in [0.2, 0.25) is 0 Å². The van der Waals surface area contributed by atoms with E-state index in [1.807, 2.05) is 121 Å². The Labute approximate surface area is 182 Å². The van der Waals surface area contributed by atoms with Crippen LogP contribution in [-0.2, 0) is 34.1 Å². The zero-order chi connectivity index (χ0) is 17.2. The molecule has 0 bridgehead atoms. The van der Waals surface area contributed by atoms with Crippen LogP contribution in [0.4, 0.5) is 0 Å². The Hall–Kier alpha value is -2.28. The summed E-state index contributed by atoms with van der Waals surface area (Å²) in [6.07, 6.45) is 0. The summed E-state index contributed by atoms with van der Waals surface area (Å²) in [5.74, 6) is 1.85. The second kappa shape index (κ2) is 13.0. The van der Waals surface area contributed by atoms with Crippen molar-refractivity contribution in [3.8, 4) is 22.6 Å². The molecule has 27 heavy (non-hydrogen) atoms. The van der Waals surface area contributed by atoms with Gasteiger partial charge in [-0.1, -0.05) is 11.1 Å². The molecule has 0 aliphatic carbocycles. The van der Waals surface area contributed by atoms with Crippen molar-refractivity contribution < 1.29 is 38.6 Å². The van der Waals surface area contributed by atoms with Gasteiger partial charge in [-0.3, -0.25) is 0 Å². The van der Waals surface area contributed by atoms with Crippen molar-refractivity contribution in [1.82, 2.24) is 0 Å². The van der Waals surface area contributed by atoms with Gasteiger partial charge < -0.3 is 4.42 Å². The molecular formula is C24H20Fe2O. The molecule has 0 unspecified atom stereocenters. The molecular weight excluding hydrogens is 416 g/mol. The fraction of sp³-hybridized carbons (Fsp3) is 0. The van der Waals surface area contributed by atoms with Gasteiger partial charge in [-0.15, -0.1) is 36.4 Å². The maximum atomic E-state index is 5.77. The second-order valence-electron chi connectivity index (χ2n) is 5.44. The maximum Gasteiger partial charge on any atom is 2.00 e. The smallest absolute Gasteiger partial charge is 0.497 e. The average molecular weight is 436 g/mol. The van der Waals surface area contributed by atoms with Gasteiger partial charge in [-0.2, -0.15) is 60.7 Å². The maximum absolute atomic E-state index is 5.77. The second-order valence-corrected chi connectivity index (χ2v) is 5.44. The van der Waals surface area contributed by atoms with E-state index in [1.165, 1.54) is 0 Å². The zero-order valence-corrected chi connectivity index (χ0v) is 16.9. The predicted molar refractivity (Wildman–Crippen MR) is 105 cm³/mol. The van der Waals surface area contributed by atoms with E-state index in [9.17, 15) is 0 Å². The molecule has 0 N–H and O–H groups in total. The van der Waals surface area contributed by atoms with Crippen molar-refractivity contribution in [2.75, 3.05) is 0 Å². The molecule has 0 spiro atoms. The third-order valence-corrected chi connectivity index (χ3v) is 3.61. The largest absolute Gasteiger partial charge is 2.00 e. The molecule has 1 aromatic heterocycles. The standard InChI is InChI=1S/C14H10O.2C5H5.2Fe/c1-2-6-11(5-1)13-9-10-14(15-13)12-7-3-4-8-12;2*1-2-4-5-3-1;;/h1-10H;2*1-5H;;/q-2;2*-1;2*+2. The summed E-state index contributed by atoms with van der Waals surface area (Å²) in [4.78, 5) is 0. The number of hydrogen-bond donors (Lipinski definition) is 0. The van der Waals surface area contributed by atoms with Gasteiger partial charge in [0.05, 0.1) is 0 Å². The molecule has 0 aliphatic heterocycles. The van der Waals surface area contributed by atoms with Gasteiger partial charge in [0.25, 0.3) is 0 Å². The Morgan fingerprint density at radius 1 is 0.519 bits per heavy atom. The van der Waals surface area contributed by atoms with Crippen LogP contribution in [0.5, 0.6) is 0 Å². The summed E-state index contributed by atoms with van der Waals surface area (Å²) in [7, 11) is 0. The summed E-state index contributed by atoms with van der Waals surface area (Å²) in [5, 5.41) is 0. The van der Waals surface area contributed by atoms with Gasteiger partial charge in [-0.05, 0) is 0 Å². The Bertz CT molecular complexity index is 769. The van der Waals surface area contributed by atoms with E-state index in [1.54, 1.807) is 0 Å². The van der Waals surface area contributed by atoms with E-state index in [4.69, 9.17) is 4.42 Å². The van der Waals surface area contributed by atoms with Crippen LogP contribution in [-0.4, -0.2) is 0 Å². The summed E-state index contributed by atoms with van der Waals surface area (Å²) in [6, 6.07) is 40.3. The van der Waals surface area contributed by atoms with E-state index in [0.29, 0.717) is 0 Å². The molecule has 0 radical (unpaired) electrons. The monoisotopic (exact) mass is 436 g/mol. The summed E-state index contributed by atoms with van der Waals surface area (Å²) < 4.78 is 5.77. The van der Waals surface area contributed by atoms with Crippen LogP contribution < -0.4 is 0 Å². The van der Waals surface area contributed by atoms with Crippen LogP contribution in [0.25, 0.3) is 22.6 Å². The Morgan fingerprint density at radius 2 is 0.852 bits per heavy atom. The van der Waals surface area contributed by atoms with Crippen molar-refractivity contribution in [3.63, 3.8) is 0 Å². The summed E-state index contributed by atoms with van der Waals surface area (Å²) in [5.41, 5.74) is 2.26. The molecule has 0 saturated carbocycles. The first-order valence-electron chi connectivity index (χ1n) is 8.31. The molecule has 1 nitrogen and oxygen atoms in total.